The minimum atomic E-state index is -1.17. The quantitative estimate of drug-likeness (QED) is 0.635. The molecule has 0 unspecified atom stereocenters. The van der Waals surface area contributed by atoms with Gasteiger partial charge in [0.1, 0.15) is 11.6 Å². The molecule has 0 saturated carbocycles. The van der Waals surface area contributed by atoms with Gasteiger partial charge in [-0.15, -0.1) is 0 Å². The van der Waals surface area contributed by atoms with Crippen molar-refractivity contribution < 1.29 is 9.76 Å². The molecule has 2 aromatic rings. The predicted octanol–water partition coefficient (Wildman–Crippen LogP) is 2.81. The van der Waals surface area contributed by atoms with E-state index >= 15 is 0 Å². The summed E-state index contributed by atoms with van der Waals surface area (Å²) in [5.74, 6) is -0.492. The highest BCUT2D eigenvalue weighted by Crippen LogP contribution is 2.32. The van der Waals surface area contributed by atoms with E-state index in [1.807, 2.05) is 60.7 Å². The van der Waals surface area contributed by atoms with Crippen LogP contribution in [0.4, 0.5) is 0 Å². The molecule has 0 aromatic heterocycles. The van der Waals surface area contributed by atoms with Crippen LogP contribution in [0.3, 0.4) is 0 Å². The summed E-state index contributed by atoms with van der Waals surface area (Å²) in [6.07, 6.45) is -1.17. The number of oxime groups is 1. The zero-order valence-corrected chi connectivity index (χ0v) is 10.5. The van der Waals surface area contributed by atoms with Crippen LogP contribution in [0.15, 0.2) is 65.8 Å². The van der Waals surface area contributed by atoms with Gasteiger partial charge in [0.05, 0.1) is 4.92 Å². The molecule has 0 fully saturated rings. The number of benzene rings is 2. The Hall–Kier alpha value is -2.69. The zero-order chi connectivity index (χ0) is 13.9. The molecule has 1 aliphatic rings. The van der Waals surface area contributed by atoms with E-state index in [2.05, 4.69) is 5.16 Å². The first-order valence-corrected chi connectivity index (χ1v) is 6.25. The number of nitrogens with zero attached hydrogens (tertiary/aromatic N) is 2. The van der Waals surface area contributed by atoms with Crippen LogP contribution >= 0.6 is 0 Å². The first-order chi connectivity index (χ1) is 9.77. The molecule has 2 atom stereocenters. The third-order valence-corrected chi connectivity index (χ3v) is 3.27. The molecule has 100 valence electrons. The molecular formula is C15H12N2O3. The third-order valence-electron chi connectivity index (χ3n) is 3.27. The van der Waals surface area contributed by atoms with Crippen molar-refractivity contribution in [2.24, 2.45) is 5.16 Å². The van der Waals surface area contributed by atoms with E-state index in [1.165, 1.54) is 0 Å². The van der Waals surface area contributed by atoms with E-state index < -0.39 is 17.1 Å². The molecular weight excluding hydrogens is 256 g/mol. The summed E-state index contributed by atoms with van der Waals surface area (Å²) in [6.45, 7) is 0. The van der Waals surface area contributed by atoms with E-state index in [0.29, 0.717) is 5.71 Å². The van der Waals surface area contributed by atoms with Crippen LogP contribution in [-0.4, -0.2) is 16.9 Å². The fourth-order valence-corrected chi connectivity index (χ4v) is 2.35. The highest BCUT2D eigenvalue weighted by atomic mass is 16.7. The molecule has 0 N–H and O–H groups in total. The molecule has 0 amide bonds. The average molecular weight is 268 g/mol. The zero-order valence-electron chi connectivity index (χ0n) is 10.5. The van der Waals surface area contributed by atoms with Gasteiger partial charge in [0, 0.05) is 5.56 Å². The Kier molecular flexibility index (Phi) is 3.16. The molecule has 1 aliphatic heterocycles. The van der Waals surface area contributed by atoms with Crippen LogP contribution in [-0.2, 0) is 4.84 Å². The number of nitro groups is 1. The van der Waals surface area contributed by atoms with Crippen LogP contribution in [0.2, 0.25) is 0 Å². The molecule has 0 radical (unpaired) electrons. The average Bonchev–Trinajstić information content (AvgIpc) is 2.94. The minimum Gasteiger partial charge on any atom is -0.320 e. The largest absolute Gasteiger partial charge is 0.387 e. The lowest BCUT2D eigenvalue weighted by atomic mass is 9.89. The first-order valence-electron chi connectivity index (χ1n) is 6.25. The third kappa shape index (κ3) is 2.14. The molecule has 2 aromatic carbocycles. The van der Waals surface area contributed by atoms with Crippen molar-refractivity contribution in [1.82, 2.24) is 0 Å². The van der Waals surface area contributed by atoms with Crippen molar-refractivity contribution in [2.45, 2.75) is 12.1 Å². The van der Waals surface area contributed by atoms with Crippen molar-refractivity contribution in [1.29, 1.82) is 0 Å². The lowest BCUT2D eigenvalue weighted by molar-refractivity contribution is -0.574. The van der Waals surface area contributed by atoms with E-state index in [0.717, 1.165) is 11.1 Å². The van der Waals surface area contributed by atoms with Crippen molar-refractivity contribution in [2.75, 3.05) is 0 Å². The summed E-state index contributed by atoms with van der Waals surface area (Å²) in [7, 11) is 0. The molecule has 0 spiro atoms. The monoisotopic (exact) mass is 268 g/mol. The fraction of sp³-hybridized carbons (Fsp3) is 0.133. The fourth-order valence-electron chi connectivity index (χ4n) is 2.35. The highest BCUT2D eigenvalue weighted by molar-refractivity contribution is 6.05. The molecule has 0 saturated heterocycles. The van der Waals surface area contributed by atoms with E-state index in [4.69, 9.17) is 4.84 Å². The van der Waals surface area contributed by atoms with Crippen molar-refractivity contribution in [3.8, 4) is 0 Å². The van der Waals surface area contributed by atoms with Crippen molar-refractivity contribution in [3.63, 3.8) is 0 Å². The maximum Gasteiger partial charge on any atom is 0.387 e. The van der Waals surface area contributed by atoms with Gasteiger partial charge in [0.2, 0.25) is 0 Å². The standard InChI is InChI=1S/C15H12N2O3/c18-17(19)15-13(11-7-3-1-4-8-11)14(16-20-15)12-9-5-2-6-10-12/h1-10,13,15H/t13-,15-/m1/s1. The van der Waals surface area contributed by atoms with Gasteiger partial charge in [0.25, 0.3) is 0 Å². The highest BCUT2D eigenvalue weighted by Gasteiger charge is 2.44. The number of hydrogen-bond acceptors (Lipinski definition) is 4. The maximum absolute atomic E-state index is 11.2. The lowest BCUT2D eigenvalue weighted by Gasteiger charge is -2.13. The molecule has 3 rings (SSSR count). The second-order valence-electron chi connectivity index (χ2n) is 4.51. The van der Waals surface area contributed by atoms with Gasteiger partial charge in [-0.2, -0.15) is 0 Å². The molecule has 1 heterocycles. The van der Waals surface area contributed by atoms with Crippen LogP contribution < -0.4 is 0 Å². The Labute approximate surface area is 115 Å². The molecule has 5 nitrogen and oxygen atoms in total. The Bertz CT molecular complexity index is 641. The van der Waals surface area contributed by atoms with Crippen molar-refractivity contribution in [3.05, 3.63) is 81.9 Å². The van der Waals surface area contributed by atoms with Crippen LogP contribution in [0.1, 0.15) is 17.0 Å². The second kappa shape index (κ2) is 5.13. The molecule has 20 heavy (non-hydrogen) atoms. The SMILES string of the molecule is O=[N+]([O-])[C@@H]1ON=C(c2ccccc2)[C@H]1c1ccccc1. The van der Waals surface area contributed by atoms with E-state index in [1.54, 1.807) is 0 Å². The minimum absolute atomic E-state index is 0.433. The Morgan fingerprint density at radius 3 is 2.20 bits per heavy atom. The summed E-state index contributed by atoms with van der Waals surface area (Å²) in [4.78, 5) is 15.8. The molecule has 0 aliphatic carbocycles. The lowest BCUT2D eigenvalue weighted by Crippen LogP contribution is -2.29. The van der Waals surface area contributed by atoms with Crippen LogP contribution in [0, 0.1) is 10.1 Å². The smallest absolute Gasteiger partial charge is 0.320 e. The van der Waals surface area contributed by atoms with Gasteiger partial charge in [-0.1, -0.05) is 65.8 Å². The van der Waals surface area contributed by atoms with Gasteiger partial charge in [-0.25, -0.2) is 0 Å². The summed E-state index contributed by atoms with van der Waals surface area (Å²) >= 11 is 0. The van der Waals surface area contributed by atoms with Gasteiger partial charge in [-0.05, 0) is 5.56 Å². The molecule has 0 bridgehead atoms. The van der Waals surface area contributed by atoms with E-state index in [-0.39, 0.29) is 0 Å². The van der Waals surface area contributed by atoms with E-state index in [9.17, 15) is 10.1 Å². The normalized spacial score (nSPS) is 21.1. The second-order valence-corrected chi connectivity index (χ2v) is 4.51. The van der Waals surface area contributed by atoms with Gasteiger partial charge < -0.3 is 4.84 Å². The Morgan fingerprint density at radius 2 is 1.60 bits per heavy atom. The number of hydrogen-bond donors (Lipinski definition) is 0. The molecule has 5 heteroatoms. The van der Waals surface area contributed by atoms with Gasteiger partial charge in [0.15, 0.2) is 0 Å². The van der Waals surface area contributed by atoms with Crippen molar-refractivity contribution >= 4 is 5.71 Å². The first kappa shape index (κ1) is 12.3. The van der Waals surface area contributed by atoms with Gasteiger partial charge in [-0.3, -0.25) is 10.1 Å². The summed E-state index contributed by atoms with van der Waals surface area (Å²) in [6, 6.07) is 18.7. The number of rotatable bonds is 3. The summed E-state index contributed by atoms with van der Waals surface area (Å²) < 4.78 is 0. The topological polar surface area (TPSA) is 64.7 Å². The van der Waals surface area contributed by atoms with Gasteiger partial charge >= 0.3 is 6.23 Å². The van der Waals surface area contributed by atoms with Crippen LogP contribution in [0.25, 0.3) is 0 Å². The summed E-state index contributed by atoms with van der Waals surface area (Å²) in [5.41, 5.74) is 2.26. The maximum atomic E-state index is 11.2. The summed E-state index contributed by atoms with van der Waals surface area (Å²) in [5, 5.41) is 15.1. The Morgan fingerprint density at radius 1 is 1.00 bits per heavy atom. The van der Waals surface area contributed by atoms with Crippen LogP contribution in [0.5, 0.6) is 0 Å². The Balaban J connectivity index is 2.04. The predicted molar refractivity (Wildman–Crippen MR) is 74.0 cm³/mol.